The first-order chi connectivity index (χ1) is 6.69. The second-order valence-corrected chi connectivity index (χ2v) is 3.96. The monoisotopic (exact) mass is 192 g/mol. The molecule has 0 amide bonds. The summed E-state index contributed by atoms with van der Waals surface area (Å²) >= 11 is 0. The summed E-state index contributed by atoms with van der Waals surface area (Å²) in [4.78, 5) is 0. The minimum absolute atomic E-state index is 0.0316. The van der Waals surface area contributed by atoms with E-state index in [-0.39, 0.29) is 5.60 Å². The Balaban J connectivity index is 2.33. The lowest BCUT2D eigenvalue weighted by molar-refractivity contribution is 0.0858. The van der Waals surface area contributed by atoms with Crippen molar-refractivity contribution >= 4 is 0 Å². The molecule has 1 aliphatic heterocycles. The van der Waals surface area contributed by atoms with E-state index < -0.39 is 0 Å². The third-order valence-corrected chi connectivity index (χ3v) is 3.17. The number of fused-ring (bicyclic) bond motifs is 1. The minimum atomic E-state index is -0.0316. The van der Waals surface area contributed by atoms with Gasteiger partial charge in [-0.15, -0.1) is 0 Å². The van der Waals surface area contributed by atoms with Crippen LogP contribution in [-0.4, -0.2) is 10.7 Å². The highest BCUT2D eigenvalue weighted by atomic mass is 16.5. The maximum atomic E-state index is 9.36. The lowest BCUT2D eigenvalue weighted by Crippen LogP contribution is -2.32. The van der Waals surface area contributed by atoms with Crippen molar-refractivity contribution in [3.63, 3.8) is 0 Å². The zero-order valence-corrected chi connectivity index (χ0v) is 8.71. The molecule has 0 saturated carbocycles. The number of aromatic hydroxyl groups is 1. The summed E-state index contributed by atoms with van der Waals surface area (Å²) in [5.74, 6) is 1.27. The van der Waals surface area contributed by atoms with Gasteiger partial charge in [-0.3, -0.25) is 0 Å². The van der Waals surface area contributed by atoms with E-state index in [0.29, 0.717) is 5.75 Å². The van der Waals surface area contributed by atoms with Crippen LogP contribution < -0.4 is 4.74 Å². The molecule has 0 spiro atoms. The molecule has 1 aromatic rings. The van der Waals surface area contributed by atoms with E-state index >= 15 is 0 Å². The Labute approximate surface area is 84.5 Å². The van der Waals surface area contributed by atoms with E-state index in [1.165, 1.54) is 0 Å². The van der Waals surface area contributed by atoms with E-state index in [4.69, 9.17) is 4.74 Å². The molecule has 0 bridgehead atoms. The Hall–Kier alpha value is -1.18. The number of hydrogen-bond acceptors (Lipinski definition) is 2. The van der Waals surface area contributed by atoms with Gasteiger partial charge in [-0.05, 0) is 31.0 Å². The Kier molecular flexibility index (Phi) is 2.14. The van der Waals surface area contributed by atoms with Crippen LogP contribution in [0.5, 0.6) is 11.5 Å². The van der Waals surface area contributed by atoms with Gasteiger partial charge >= 0.3 is 0 Å². The molecule has 0 atom stereocenters. The molecule has 0 saturated heterocycles. The van der Waals surface area contributed by atoms with Crippen LogP contribution in [-0.2, 0) is 6.42 Å². The smallest absolute Gasteiger partial charge is 0.123 e. The first kappa shape index (κ1) is 9.38. The fraction of sp³-hybridized carbons (Fsp3) is 0.500. The Morgan fingerprint density at radius 2 is 2.07 bits per heavy atom. The topological polar surface area (TPSA) is 29.5 Å². The largest absolute Gasteiger partial charge is 0.508 e. The first-order valence-corrected chi connectivity index (χ1v) is 5.20. The van der Waals surface area contributed by atoms with Gasteiger partial charge in [0.15, 0.2) is 0 Å². The van der Waals surface area contributed by atoms with Crippen LogP contribution in [0, 0.1) is 0 Å². The zero-order chi connectivity index (χ0) is 10.2. The third kappa shape index (κ3) is 1.35. The van der Waals surface area contributed by atoms with Crippen molar-refractivity contribution in [2.45, 2.75) is 38.7 Å². The second-order valence-electron chi connectivity index (χ2n) is 3.96. The lowest BCUT2D eigenvalue weighted by Gasteiger charge is -2.25. The van der Waals surface area contributed by atoms with Gasteiger partial charge in [0.05, 0.1) is 0 Å². The number of rotatable bonds is 2. The molecule has 2 heteroatoms. The van der Waals surface area contributed by atoms with Gasteiger partial charge in [0.25, 0.3) is 0 Å². The van der Waals surface area contributed by atoms with Crippen LogP contribution in [0.15, 0.2) is 18.2 Å². The molecule has 1 N–H and O–H groups in total. The number of ether oxygens (including phenoxy) is 1. The molecule has 2 rings (SSSR count). The summed E-state index contributed by atoms with van der Waals surface area (Å²) < 4.78 is 5.94. The maximum Gasteiger partial charge on any atom is 0.123 e. The average molecular weight is 192 g/mol. The predicted molar refractivity (Wildman–Crippen MR) is 55.8 cm³/mol. The van der Waals surface area contributed by atoms with Gasteiger partial charge < -0.3 is 9.84 Å². The van der Waals surface area contributed by atoms with Crippen molar-refractivity contribution in [1.82, 2.24) is 0 Å². The van der Waals surface area contributed by atoms with E-state index in [1.807, 2.05) is 12.1 Å². The van der Waals surface area contributed by atoms with Crippen LogP contribution in [0.25, 0.3) is 0 Å². The fourth-order valence-corrected chi connectivity index (χ4v) is 2.06. The molecular weight excluding hydrogens is 176 g/mol. The minimum Gasteiger partial charge on any atom is -0.508 e. The standard InChI is InChI=1S/C12H16O2/c1-3-12(4-2)8-9-7-10(13)5-6-11(9)14-12/h5-7,13H,3-4,8H2,1-2H3. The highest BCUT2D eigenvalue weighted by molar-refractivity contribution is 5.43. The highest BCUT2D eigenvalue weighted by Crippen LogP contribution is 2.40. The van der Waals surface area contributed by atoms with Crippen LogP contribution >= 0.6 is 0 Å². The molecule has 0 aliphatic carbocycles. The van der Waals surface area contributed by atoms with Gasteiger partial charge in [-0.2, -0.15) is 0 Å². The molecule has 1 aliphatic rings. The molecule has 0 aromatic heterocycles. The molecule has 0 fully saturated rings. The average Bonchev–Trinajstić information content (AvgIpc) is 2.56. The van der Waals surface area contributed by atoms with Crippen molar-refractivity contribution in [2.75, 3.05) is 0 Å². The molecule has 2 nitrogen and oxygen atoms in total. The normalized spacial score (nSPS) is 17.6. The van der Waals surface area contributed by atoms with Crippen molar-refractivity contribution in [1.29, 1.82) is 0 Å². The SMILES string of the molecule is CCC1(CC)Cc2cc(O)ccc2O1. The summed E-state index contributed by atoms with van der Waals surface area (Å²) in [6.45, 7) is 4.30. The number of phenolic OH excluding ortho intramolecular Hbond substituents is 1. The molecule has 1 aromatic carbocycles. The van der Waals surface area contributed by atoms with E-state index in [1.54, 1.807) is 6.07 Å². The molecule has 76 valence electrons. The van der Waals surface area contributed by atoms with Gasteiger partial charge in [0, 0.05) is 12.0 Å². The highest BCUT2D eigenvalue weighted by Gasteiger charge is 2.35. The van der Waals surface area contributed by atoms with Crippen LogP contribution in [0.3, 0.4) is 0 Å². The summed E-state index contributed by atoms with van der Waals surface area (Å²) in [5, 5.41) is 9.36. The van der Waals surface area contributed by atoms with Gasteiger partial charge in [-0.1, -0.05) is 13.8 Å². The van der Waals surface area contributed by atoms with Crippen LogP contribution in [0.1, 0.15) is 32.3 Å². The number of benzene rings is 1. The number of phenols is 1. The van der Waals surface area contributed by atoms with Gasteiger partial charge in [0.1, 0.15) is 17.1 Å². The predicted octanol–water partition coefficient (Wildman–Crippen LogP) is 2.89. The summed E-state index contributed by atoms with van der Waals surface area (Å²) in [6, 6.07) is 5.35. The molecular formula is C12H16O2. The quantitative estimate of drug-likeness (QED) is 0.780. The second kappa shape index (κ2) is 3.19. The van der Waals surface area contributed by atoms with Crippen LogP contribution in [0.2, 0.25) is 0 Å². The van der Waals surface area contributed by atoms with E-state index in [9.17, 15) is 5.11 Å². The molecule has 0 radical (unpaired) electrons. The Morgan fingerprint density at radius 3 is 2.71 bits per heavy atom. The van der Waals surface area contributed by atoms with Crippen molar-refractivity contribution < 1.29 is 9.84 Å². The maximum absolute atomic E-state index is 9.36. The Morgan fingerprint density at radius 1 is 1.36 bits per heavy atom. The summed E-state index contributed by atoms with van der Waals surface area (Å²) in [5.41, 5.74) is 1.10. The van der Waals surface area contributed by atoms with Crippen LogP contribution in [0.4, 0.5) is 0 Å². The fourth-order valence-electron chi connectivity index (χ4n) is 2.06. The molecule has 14 heavy (non-hydrogen) atoms. The number of hydrogen-bond donors (Lipinski definition) is 1. The van der Waals surface area contributed by atoms with Gasteiger partial charge in [-0.25, -0.2) is 0 Å². The third-order valence-electron chi connectivity index (χ3n) is 3.17. The molecule has 1 heterocycles. The summed E-state index contributed by atoms with van der Waals surface area (Å²) in [7, 11) is 0. The Bertz CT molecular complexity index is 340. The summed E-state index contributed by atoms with van der Waals surface area (Å²) in [6.07, 6.45) is 2.95. The van der Waals surface area contributed by atoms with Crippen molar-refractivity contribution in [2.24, 2.45) is 0 Å². The van der Waals surface area contributed by atoms with E-state index in [2.05, 4.69) is 13.8 Å². The zero-order valence-electron chi connectivity index (χ0n) is 8.71. The molecule has 0 unspecified atom stereocenters. The van der Waals surface area contributed by atoms with Crippen molar-refractivity contribution in [3.8, 4) is 11.5 Å². The lowest BCUT2D eigenvalue weighted by atomic mass is 9.92. The van der Waals surface area contributed by atoms with Crippen molar-refractivity contribution in [3.05, 3.63) is 23.8 Å². The van der Waals surface area contributed by atoms with Gasteiger partial charge in [0.2, 0.25) is 0 Å². The van der Waals surface area contributed by atoms with E-state index in [0.717, 1.165) is 30.6 Å². The first-order valence-electron chi connectivity index (χ1n) is 5.20.